The minimum absolute atomic E-state index is 0.176. The number of rotatable bonds is 6. The molecule has 0 unspecified atom stereocenters. The summed E-state index contributed by atoms with van der Waals surface area (Å²) in [5.41, 5.74) is 2.82. The molecule has 1 amide bonds. The molecule has 2 fully saturated rings. The Labute approximate surface area is 178 Å². The summed E-state index contributed by atoms with van der Waals surface area (Å²) in [7, 11) is 0. The van der Waals surface area contributed by atoms with Gasteiger partial charge in [0.1, 0.15) is 0 Å². The third-order valence-electron chi connectivity index (χ3n) is 5.72. The molecule has 9 heteroatoms. The van der Waals surface area contributed by atoms with Gasteiger partial charge in [0, 0.05) is 37.0 Å². The predicted molar refractivity (Wildman–Crippen MR) is 113 cm³/mol. The van der Waals surface area contributed by atoms with Gasteiger partial charge in [0.15, 0.2) is 0 Å². The Balaban J connectivity index is 1.31. The molecule has 2 aromatic heterocycles. The third-order valence-corrected chi connectivity index (χ3v) is 5.72. The smallest absolute Gasteiger partial charge is 0.336 e. The van der Waals surface area contributed by atoms with Crippen LogP contribution >= 0.6 is 0 Å². The normalized spacial score (nSPS) is 16.1. The zero-order valence-corrected chi connectivity index (χ0v) is 17.0. The van der Waals surface area contributed by atoms with Crippen molar-refractivity contribution in [2.24, 2.45) is 5.92 Å². The maximum absolute atomic E-state index is 12.1. The summed E-state index contributed by atoms with van der Waals surface area (Å²) in [6, 6.07) is 6.96. The highest BCUT2D eigenvalue weighted by Crippen LogP contribution is 2.34. The zero-order chi connectivity index (χ0) is 21.5. The van der Waals surface area contributed by atoms with Crippen LogP contribution in [0.25, 0.3) is 11.3 Å². The minimum atomic E-state index is -1.00. The fourth-order valence-electron chi connectivity index (χ4n) is 3.77. The van der Waals surface area contributed by atoms with Crippen LogP contribution in [0.1, 0.15) is 34.8 Å². The SMILES string of the molecule is Cc1cnc(Nc2cnn(C3CN(C(=O)C4CC4)C3)c2)nc1-c1ccccc1C(=O)O. The van der Waals surface area contributed by atoms with E-state index < -0.39 is 5.97 Å². The molecule has 1 saturated heterocycles. The summed E-state index contributed by atoms with van der Waals surface area (Å²) in [6.45, 7) is 3.22. The Bertz CT molecular complexity index is 1160. The molecule has 1 aliphatic heterocycles. The quantitative estimate of drug-likeness (QED) is 0.633. The van der Waals surface area contributed by atoms with Crippen molar-refractivity contribution >= 4 is 23.5 Å². The molecule has 1 saturated carbocycles. The van der Waals surface area contributed by atoms with Crippen molar-refractivity contribution in [3.8, 4) is 11.3 Å². The molecule has 2 N–H and O–H groups in total. The predicted octanol–water partition coefficient (Wildman–Crippen LogP) is 2.88. The molecule has 5 rings (SSSR count). The molecule has 158 valence electrons. The second-order valence-electron chi connectivity index (χ2n) is 8.08. The Morgan fingerprint density at radius 3 is 2.68 bits per heavy atom. The van der Waals surface area contributed by atoms with Gasteiger partial charge >= 0.3 is 5.97 Å². The van der Waals surface area contributed by atoms with Gasteiger partial charge < -0.3 is 15.3 Å². The van der Waals surface area contributed by atoms with E-state index in [9.17, 15) is 14.7 Å². The highest BCUT2D eigenvalue weighted by Gasteiger charge is 2.40. The third kappa shape index (κ3) is 3.74. The molecule has 1 aliphatic carbocycles. The number of carbonyl (C=O) groups excluding carboxylic acids is 1. The van der Waals surface area contributed by atoms with E-state index in [-0.39, 0.29) is 23.4 Å². The van der Waals surface area contributed by atoms with Gasteiger partial charge in [-0.3, -0.25) is 9.48 Å². The number of hydrogen-bond donors (Lipinski definition) is 2. The number of carboxylic acid groups (broad SMARTS) is 1. The Hall–Kier alpha value is -3.75. The second-order valence-corrected chi connectivity index (χ2v) is 8.08. The monoisotopic (exact) mass is 418 g/mol. The van der Waals surface area contributed by atoms with Gasteiger partial charge in [-0.2, -0.15) is 5.10 Å². The number of amides is 1. The summed E-state index contributed by atoms with van der Waals surface area (Å²) in [6.07, 6.45) is 7.27. The van der Waals surface area contributed by atoms with Crippen LogP contribution in [0.4, 0.5) is 11.6 Å². The van der Waals surface area contributed by atoms with Gasteiger partial charge in [0.2, 0.25) is 11.9 Å². The summed E-state index contributed by atoms with van der Waals surface area (Å²) < 4.78 is 1.86. The second kappa shape index (κ2) is 7.50. The number of nitrogens with one attached hydrogen (secondary N) is 1. The van der Waals surface area contributed by atoms with Crippen molar-refractivity contribution in [3.05, 3.63) is 54.0 Å². The van der Waals surface area contributed by atoms with E-state index in [1.54, 1.807) is 36.7 Å². The van der Waals surface area contributed by atoms with Crippen LogP contribution in [0.5, 0.6) is 0 Å². The number of likely N-dealkylation sites (tertiary alicyclic amines) is 1. The molecule has 0 bridgehead atoms. The zero-order valence-electron chi connectivity index (χ0n) is 17.0. The van der Waals surface area contributed by atoms with Gasteiger partial charge in [-0.25, -0.2) is 14.8 Å². The number of aryl methyl sites for hydroxylation is 1. The maximum Gasteiger partial charge on any atom is 0.336 e. The number of aromatic nitrogens is 4. The lowest BCUT2D eigenvalue weighted by Crippen LogP contribution is -2.51. The molecule has 0 spiro atoms. The van der Waals surface area contributed by atoms with Crippen molar-refractivity contribution in [3.63, 3.8) is 0 Å². The largest absolute Gasteiger partial charge is 0.478 e. The first kappa shape index (κ1) is 19.2. The molecule has 9 nitrogen and oxygen atoms in total. The van der Waals surface area contributed by atoms with Crippen LogP contribution in [0, 0.1) is 12.8 Å². The molecular formula is C22H22N6O3. The van der Waals surface area contributed by atoms with Gasteiger partial charge in [0.25, 0.3) is 0 Å². The Morgan fingerprint density at radius 1 is 1.16 bits per heavy atom. The summed E-state index contributed by atoms with van der Waals surface area (Å²) in [5, 5.41) is 17.0. The molecule has 3 heterocycles. The van der Waals surface area contributed by atoms with Crippen LogP contribution < -0.4 is 5.32 Å². The van der Waals surface area contributed by atoms with Crippen LogP contribution in [-0.4, -0.2) is 54.7 Å². The number of anilines is 2. The van der Waals surface area contributed by atoms with Gasteiger partial charge in [-0.15, -0.1) is 0 Å². The minimum Gasteiger partial charge on any atom is -0.478 e. The van der Waals surface area contributed by atoms with Crippen LogP contribution in [0.2, 0.25) is 0 Å². The number of hydrogen-bond acceptors (Lipinski definition) is 6. The van der Waals surface area contributed by atoms with Gasteiger partial charge in [-0.1, -0.05) is 18.2 Å². The van der Waals surface area contributed by atoms with Crippen molar-refractivity contribution in [1.29, 1.82) is 0 Å². The van der Waals surface area contributed by atoms with E-state index in [0.717, 1.165) is 24.1 Å². The lowest BCUT2D eigenvalue weighted by Gasteiger charge is -2.39. The number of aromatic carboxylic acids is 1. The highest BCUT2D eigenvalue weighted by atomic mass is 16.4. The van der Waals surface area contributed by atoms with Gasteiger partial charge in [-0.05, 0) is 31.4 Å². The number of nitrogens with zero attached hydrogens (tertiary/aromatic N) is 5. The first-order valence-corrected chi connectivity index (χ1v) is 10.3. The fourth-order valence-corrected chi connectivity index (χ4v) is 3.77. The molecular weight excluding hydrogens is 396 g/mol. The Morgan fingerprint density at radius 2 is 1.94 bits per heavy atom. The summed E-state index contributed by atoms with van der Waals surface area (Å²) in [5.74, 6) is -0.127. The van der Waals surface area contributed by atoms with Crippen molar-refractivity contribution < 1.29 is 14.7 Å². The van der Waals surface area contributed by atoms with E-state index in [4.69, 9.17) is 0 Å². The lowest BCUT2D eigenvalue weighted by molar-refractivity contribution is -0.138. The fraction of sp³-hybridized carbons (Fsp3) is 0.318. The Kier molecular flexibility index (Phi) is 4.65. The van der Waals surface area contributed by atoms with Crippen molar-refractivity contribution in [1.82, 2.24) is 24.6 Å². The van der Waals surface area contributed by atoms with E-state index in [1.807, 2.05) is 22.7 Å². The van der Waals surface area contributed by atoms with E-state index in [2.05, 4.69) is 20.4 Å². The van der Waals surface area contributed by atoms with E-state index >= 15 is 0 Å². The molecule has 3 aromatic rings. The van der Waals surface area contributed by atoms with Crippen LogP contribution in [-0.2, 0) is 4.79 Å². The first-order valence-electron chi connectivity index (χ1n) is 10.3. The average Bonchev–Trinajstić information content (AvgIpc) is 3.49. The molecule has 31 heavy (non-hydrogen) atoms. The van der Waals surface area contributed by atoms with Crippen LogP contribution in [0.3, 0.4) is 0 Å². The van der Waals surface area contributed by atoms with E-state index in [1.165, 1.54) is 0 Å². The summed E-state index contributed by atoms with van der Waals surface area (Å²) in [4.78, 5) is 34.5. The average molecular weight is 418 g/mol. The van der Waals surface area contributed by atoms with Crippen molar-refractivity contribution in [2.75, 3.05) is 18.4 Å². The molecule has 1 aromatic carbocycles. The maximum atomic E-state index is 12.1. The molecule has 2 aliphatic rings. The number of carboxylic acids is 1. The number of carbonyl (C=O) groups is 2. The standard InChI is InChI=1S/C22H22N6O3/c1-13-8-23-22(26-19(13)17-4-2-3-5-18(17)21(30)31)25-15-9-24-28(10-15)16-11-27(12-16)20(29)14-6-7-14/h2-5,8-10,14,16H,6-7,11-12H2,1H3,(H,30,31)(H,23,25,26). The topological polar surface area (TPSA) is 113 Å². The molecule has 0 atom stereocenters. The van der Waals surface area contributed by atoms with E-state index in [0.29, 0.717) is 30.3 Å². The number of benzene rings is 1. The highest BCUT2D eigenvalue weighted by molar-refractivity contribution is 5.95. The molecule has 0 radical (unpaired) electrons. The van der Waals surface area contributed by atoms with Crippen LogP contribution in [0.15, 0.2) is 42.9 Å². The van der Waals surface area contributed by atoms with Gasteiger partial charge in [0.05, 0.1) is 29.2 Å². The van der Waals surface area contributed by atoms with Crippen molar-refractivity contribution in [2.45, 2.75) is 25.8 Å². The lowest BCUT2D eigenvalue weighted by atomic mass is 10.0. The first-order chi connectivity index (χ1) is 15.0. The summed E-state index contributed by atoms with van der Waals surface area (Å²) >= 11 is 0.